The fourth-order valence-electron chi connectivity index (χ4n) is 2.49. The molecular weight excluding hydrogens is 388 g/mol. The van der Waals surface area contributed by atoms with Gasteiger partial charge in [0.2, 0.25) is 5.91 Å². The Bertz CT molecular complexity index is 619. The highest BCUT2D eigenvalue weighted by Crippen LogP contribution is 2.23. The molecule has 0 aliphatic heterocycles. The second kappa shape index (κ2) is 10.2. The average molecular weight is 413 g/mol. The summed E-state index contributed by atoms with van der Waals surface area (Å²) in [5.74, 6) is -2.24. The lowest BCUT2D eigenvalue weighted by Crippen LogP contribution is -2.42. The van der Waals surface area contributed by atoms with E-state index in [2.05, 4.69) is 26.8 Å². The van der Waals surface area contributed by atoms with E-state index in [1.54, 1.807) is 31.2 Å². The van der Waals surface area contributed by atoms with Gasteiger partial charge in [0.25, 0.3) is 5.91 Å². The van der Waals surface area contributed by atoms with E-state index >= 15 is 0 Å². The molecule has 2 amide bonds. The summed E-state index contributed by atoms with van der Waals surface area (Å²) >= 11 is 3.27. The molecule has 6 nitrogen and oxygen atoms in total. The Morgan fingerprint density at radius 2 is 1.72 bits per heavy atom. The Labute approximate surface area is 156 Å². The predicted molar refractivity (Wildman–Crippen MR) is 98.7 cm³/mol. The van der Waals surface area contributed by atoms with Crippen molar-refractivity contribution in [3.8, 4) is 0 Å². The number of amides is 2. The van der Waals surface area contributed by atoms with Gasteiger partial charge < -0.3 is 5.11 Å². The Balaban J connectivity index is 2.53. The average Bonchev–Trinajstić information content (AvgIpc) is 2.52. The molecule has 1 aromatic rings. The van der Waals surface area contributed by atoms with Crippen molar-refractivity contribution >= 4 is 33.7 Å². The number of aliphatic carboxylic acids is 1. The lowest BCUT2D eigenvalue weighted by molar-refractivity contribution is -0.144. The number of carboxylic acid groups (broad SMARTS) is 1. The minimum atomic E-state index is -0.891. The molecule has 0 fully saturated rings. The maximum atomic E-state index is 12.0. The highest BCUT2D eigenvalue weighted by molar-refractivity contribution is 9.10. The minimum Gasteiger partial charge on any atom is -0.481 e. The van der Waals surface area contributed by atoms with Crippen molar-refractivity contribution in [2.24, 2.45) is 17.8 Å². The first-order valence-corrected chi connectivity index (χ1v) is 9.08. The molecule has 2 atom stereocenters. The van der Waals surface area contributed by atoms with Crippen molar-refractivity contribution in [3.05, 3.63) is 34.3 Å². The number of rotatable bonds is 8. The summed E-state index contributed by atoms with van der Waals surface area (Å²) in [5.41, 5.74) is 5.09. The molecular formula is C18H25BrN2O4. The molecule has 0 heterocycles. The molecule has 7 heteroatoms. The summed E-state index contributed by atoms with van der Waals surface area (Å²) in [7, 11) is 0. The zero-order valence-electron chi connectivity index (χ0n) is 14.7. The summed E-state index contributed by atoms with van der Waals surface area (Å²) in [4.78, 5) is 35.5. The van der Waals surface area contributed by atoms with Crippen LogP contribution >= 0.6 is 15.9 Å². The molecule has 3 N–H and O–H groups in total. The van der Waals surface area contributed by atoms with Crippen molar-refractivity contribution in [3.63, 3.8) is 0 Å². The van der Waals surface area contributed by atoms with E-state index < -0.39 is 23.7 Å². The summed E-state index contributed by atoms with van der Waals surface area (Å²) in [6.07, 6.45) is 1.36. The molecule has 2 unspecified atom stereocenters. The van der Waals surface area contributed by atoms with Crippen LogP contribution in [-0.2, 0) is 9.59 Å². The maximum absolute atomic E-state index is 12.0. The molecule has 0 radical (unpaired) electrons. The van der Waals surface area contributed by atoms with Gasteiger partial charge in [-0.25, -0.2) is 0 Å². The molecule has 0 saturated carbocycles. The number of hydrogen-bond donors (Lipinski definition) is 3. The molecule has 0 aliphatic carbocycles. The highest BCUT2D eigenvalue weighted by atomic mass is 79.9. The van der Waals surface area contributed by atoms with Crippen LogP contribution in [0.4, 0.5) is 0 Å². The van der Waals surface area contributed by atoms with Gasteiger partial charge >= 0.3 is 5.97 Å². The van der Waals surface area contributed by atoms with E-state index in [9.17, 15) is 19.5 Å². The van der Waals surface area contributed by atoms with Gasteiger partial charge in [0.05, 0.1) is 11.5 Å². The van der Waals surface area contributed by atoms with Crippen LogP contribution in [0.5, 0.6) is 0 Å². The minimum absolute atomic E-state index is 0.0330. The Morgan fingerprint density at radius 1 is 1.08 bits per heavy atom. The highest BCUT2D eigenvalue weighted by Gasteiger charge is 2.26. The SMILES string of the molecule is CC(C)CCC(C(=O)O)C(C)CC(=O)NNC(=O)c1ccccc1Br. The third kappa shape index (κ3) is 7.25. The smallest absolute Gasteiger partial charge is 0.306 e. The first kappa shape index (κ1) is 21.2. The molecule has 1 rings (SSSR count). The van der Waals surface area contributed by atoms with Gasteiger partial charge in [0.1, 0.15) is 0 Å². The van der Waals surface area contributed by atoms with E-state index in [0.29, 0.717) is 22.4 Å². The zero-order chi connectivity index (χ0) is 19.0. The third-order valence-corrected chi connectivity index (χ3v) is 4.69. The van der Waals surface area contributed by atoms with E-state index in [1.165, 1.54) is 0 Å². The van der Waals surface area contributed by atoms with E-state index in [-0.39, 0.29) is 12.3 Å². The molecule has 0 aliphatic rings. The van der Waals surface area contributed by atoms with Gasteiger partial charge in [-0.3, -0.25) is 25.2 Å². The number of benzene rings is 1. The number of nitrogens with one attached hydrogen (secondary N) is 2. The number of hydrazine groups is 1. The van der Waals surface area contributed by atoms with Gasteiger partial charge in [-0.05, 0) is 46.3 Å². The summed E-state index contributed by atoms with van der Waals surface area (Å²) in [6.45, 7) is 5.81. The summed E-state index contributed by atoms with van der Waals surface area (Å²) in [6, 6.07) is 6.85. The van der Waals surface area contributed by atoms with Crippen molar-refractivity contribution in [2.45, 2.75) is 40.0 Å². The monoisotopic (exact) mass is 412 g/mol. The van der Waals surface area contributed by atoms with Gasteiger partial charge in [0.15, 0.2) is 0 Å². The number of halogens is 1. The van der Waals surface area contributed by atoms with Gasteiger partial charge in [-0.15, -0.1) is 0 Å². The molecule has 25 heavy (non-hydrogen) atoms. The Kier molecular flexibility index (Phi) is 8.61. The summed E-state index contributed by atoms with van der Waals surface area (Å²) < 4.78 is 0.620. The number of carboxylic acids is 1. The normalized spacial score (nSPS) is 13.2. The zero-order valence-corrected chi connectivity index (χ0v) is 16.3. The van der Waals surface area contributed by atoms with Gasteiger partial charge in [0, 0.05) is 10.9 Å². The lowest BCUT2D eigenvalue weighted by atomic mass is 9.85. The van der Waals surface area contributed by atoms with Crippen molar-refractivity contribution in [2.75, 3.05) is 0 Å². The number of hydrogen-bond acceptors (Lipinski definition) is 3. The van der Waals surface area contributed by atoms with Crippen LogP contribution in [0.3, 0.4) is 0 Å². The maximum Gasteiger partial charge on any atom is 0.306 e. The van der Waals surface area contributed by atoms with E-state index in [0.717, 1.165) is 6.42 Å². The molecule has 0 spiro atoms. The fraction of sp³-hybridized carbons (Fsp3) is 0.500. The quantitative estimate of drug-likeness (QED) is 0.570. The molecule has 0 aromatic heterocycles. The fourth-order valence-corrected chi connectivity index (χ4v) is 2.95. The first-order chi connectivity index (χ1) is 11.7. The topological polar surface area (TPSA) is 95.5 Å². The van der Waals surface area contributed by atoms with Crippen molar-refractivity contribution in [1.82, 2.24) is 10.9 Å². The largest absolute Gasteiger partial charge is 0.481 e. The Hall–Kier alpha value is -1.89. The number of carbonyl (C=O) groups is 3. The van der Waals surface area contributed by atoms with E-state index in [1.807, 2.05) is 13.8 Å². The lowest BCUT2D eigenvalue weighted by Gasteiger charge is -2.20. The van der Waals surface area contributed by atoms with Gasteiger partial charge in [-0.2, -0.15) is 0 Å². The van der Waals surface area contributed by atoms with Crippen LogP contribution in [0, 0.1) is 17.8 Å². The molecule has 138 valence electrons. The van der Waals surface area contributed by atoms with Crippen LogP contribution in [0.25, 0.3) is 0 Å². The number of carbonyl (C=O) groups excluding carboxylic acids is 2. The Morgan fingerprint density at radius 3 is 2.28 bits per heavy atom. The van der Waals surface area contributed by atoms with Crippen LogP contribution in [-0.4, -0.2) is 22.9 Å². The third-order valence-electron chi connectivity index (χ3n) is 4.00. The van der Waals surface area contributed by atoms with Crippen LogP contribution in [0.15, 0.2) is 28.7 Å². The second-order valence-electron chi connectivity index (χ2n) is 6.58. The van der Waals surface area contributed by atoms with Crippen LogP contribution in [0.2, 0.25) is 0 Å². The van der Waals surface area contributed by atoms with Crippen molar-refractivity contribution in [1.29, 1.82) is 0 Å². The van der Waals surface area contributed by atoms with E-state index in [4.69, 9.17) is 0 Å². The molecule has 0 saturated heterocycles. The first-order valence-electron chi connectivity index (χ1n) is 8.28. The summed E-state index contributed by atoms with van der Waals surface area (Å²) in [5, 5.41) is 9.36. The predicted octanol–water partition coefficient (Wildman–Crippen LogP) is 3.37. The van der Waals surface area contributed by atoms with Gasteiger partial charge in [-0.1, -0.05) is 39.3 Å². The molecule has 1 aromatic carbocycles. The van der Waals surface area contributed by atoms with Crippen LogP contribution in [0.1, 0.15) is 50.4 Å². The second-order valence-corrected chi connectivity index (χ2v) is 7.43. The standard InChI is InChI=1S/C18H25BrN2O4/c1-11(2)8-9-13(18(24)25)12(3)10-16(22)20-21-17(23)14-6-4-5-7-15(14)19/h4-7,11-13H,8-10H2,1-3H3,(H,20,22)(H,21,23)(H,24,25). The van der Waals surface area contributed by atoms with Crippen LogP contribution < -0.4 is 10.9 Å². The van der Waals surface area contributed by atoms with Crippen molar-refractivity contribution < 1.29 is 19.5 Å². The molecule has 0 bridgehead atoms.